The van der Waals surface area contributed by atoms with E-state index >= 15 is 0 Å². The van der Waals surface area contributed by atoms with E-state index in [1.807, 2.05) is 0 Å². The number of hydrogen-bond donors (Lipinski definition) is 4. The molecule has 0 bridgehead atoms. The maximum Gasteiger partial charge on any atom is 0.305 e. The van der Waals surface area contributed by atoms with Crippen LogP contribution in [0.25, 0.3) is 0 Å². The Kier molecular flexibility index (Phi) is 24.4. The summed E-state index contributed by atoms with van der Waals surface area (Å²) in [6.07, 6.45) is 20.6. The zero-order chi connectivity index (χ0) is 28.4. The summed E-state index contributed by atoms with van der Waals surface area (Å²) in [4.78, 5) is 21.8. The zero-order valence-corrected chi connectivity index (χ0v) is 23.8. The van der Waals surface area contributed by atoms with Crippen LogP contribution >= 0.6 is 0 Å². The number of aliphatic hydroxyl groups is 3. The van der Waals surface area contributed by atoms with Crippen LogP contribution in [-0.4, -0.2) is 70.0 Å². The summed E-state index contributed by atoms with van der Waals surface area (Å²) < 4.78 is 10.1. The van der Waals surface area contributed by atoms with Gasteiger partial charge in [0, 0.05) is 12.8 Å². The van der Waals surface area contributed by atoms with Crippen molar-refractivity contribution in [1.82, 2.24) is 0 Å². The summed E-state index contributed by atoms with van der Waals surface area (Å²) in [6, 6.07) is 0. The van der Waals surface area contributed by atoms with Gasteiger partial charge in [-0.2, -0.15) is 0 Å². The highest BCUT2D eigenvalue weighted by atomic mass is 16.6. The van der Waals surface area contributed by atoms with E-state index in [1.165, 1.54) is 38.5 Å². The number of aliphatic hydroxyl groups excluding tert-OH is 3. The highest BCUT2D eigenvalue weighted by molar-refractivity contribution is 5.69. The molecule has 8 heteroatoms. The SMILES string of the molecule is CC/C=C/CCCCCCCC(=O)O.CC/C=C/CCCCCCCC(=O)OCC(O)C1OCC(O)C1O. The van der Waals surface area contributed by atoms with Gasteiger partial charge in [0.05, 0.1) is 6.61 Å². The van der Waals surface area contributed by atoms with E-state index in [2.05, 4.69) is 38.2 Å². The number of esters is 1. The summed E-state index contributed by atoms with van der Waals surface area (Å²) in [5, 5.41) is 37.2. The molecule has 0 saturated carbocycles. The third-order valence-corrected chi connectivity index (χ3v) is 6.30. The highest BCUT2D eigenvalue weighted by Gasteiger charge is 2.39. The Morgan fingerprint density at radius 2 is 1.32 bits per heavy atom. The number of allylic oxidation sites excluding steroid dienone is 4. The number of unbranched alkanes of at least 4 members (excludes halogenated alkanes) is 10. The first kappa shape index (κ1) is 36.3. The maximum absolute atomic E-state index is 11.6. The molecule has 0 aromatic heterocycles. The fourth-order valence-electron chi connectivity index (χ4n) is 4.01. The van der Waals surface area contributed by atoms with Crippen molar-refractivity contribution >= 4 is 11.9 Å². The average Bonchev–Trinajstić information content (AvgIpc) is 3.23. The lowest BCUT2D eigenvalue weighted by molar-refractivity contribution is -0.151. The van der Waals surface area contributed by atoms with Crippen molar-refractivity contribution in [2.24, 2.45) is 0 Å². The van der Waals surface area contributed by atoms with Crippen LogP contribution in [0.5, 0.6) is 0 Å². The number of hydrogen-bond acceptors (Lipinski definition) is 7. The summed E-state index contributed by atoms with van der Waals surface area (Å²) in [6.45, 7) is 4.02. The third kappa shape index (κ3) is 21.2. The molecule has 1 saturated heterocycles. The number of carboxylic acids is 1. The molecule has 0 amide bonds. The van der Waals surface area contributed by atoms with E-state index in [0.29, 0.717) is 12.8 Å². The first-order valence-electron chi connectivity index (χ1n) is 14.7. The quantitative estimate of drug-likeness (QED) is 0.0852. The molecule has 0 aromatic carbocycles. The second kappa shape index (κ2) is 25.5. The first-order valence-corrected chi connectivity index (χ1v) is 14.7. The summed E-state index contributed by atoms with van der Waals surface area (Å²) >= 11 is 0. The smallest absolute Gasteiger partial charge is 0.305 e. The first-order chi connectivity index (χ1) is 18.3. The minimum atomic E-state index is -1.15. The fraction of sp³-hybridized carbons (Fsp3) is 0.800. The molecule has 8 nitrogen and oxygen atoms in total. The maximum atomic E-state index is 11.6. The fourth-order valence-corrected chi connectivity index (χ4v) is 4.01. The van der Waals surface area contributed by atoms with E-state index in [-0.39, 0.29) is 19.2 Å². The van der Waals surface area contributed by atoms with Crippen LogP contribution in [0, 0.1) is 0 Å². The lowest BCUT2D eigenvalue weighted by Gasteiger charge is -2.20. The van der Waals surface area contributed by atoms with E-state index in [1.54, 1.807) is 0 Å². The second-order valence-electron chi connectivity index (χ2n) is 9.87. The Morgan fingerprint density at radius 1 is 0.816 bits per heavy atom. The van der Waals surface area contributed by atoms with Crippen molar-refractivity contribution in [2.45, 2.75) is 141 Å². The van der Waals surface area contributed by atoms with Gasteiger partial charge in [0.1, 0.15) is 31.0 Å². The summed E-state index contributed by atoms with van der Waals surface area (Å²) in [7, 11) is 0. The number of carbonyl (C=O) groups is 2. The summed E-state index contributed by atoms with van der Waals surface area (Å²) in [5.41, 5.74) is 0. The zero-order valence-electron chi connectivity index (χ0n) is 23.8. The van der Waals surface area contributed by atoms with Crippen LogP contribution in [-0.2, 0) is 19.1 Å². The van der Waals surface area contributed by atoms with Gasteiger partial charge in [-0.3, -0.25) is 9.59 Å². The molecule has 1 aliphatic heterocycles. The molecule has 1 fully saturated rings. The van der Waals surface area contributed by atoms with Gasteiger partial charge >= 0.3 is 11.9 Å². The van der Waals surface area contributed by atoms with Gasteiger partial charge in [0.2, 0.25) is 0 Å². The predicted molar refractivity (Wildman–Crippen MR) is 150 cm³/mol. The van der Waals surface area contributed by atoms with Crippen molar-refractivity contribution in [3.05, 3.63) is 24.3 Å². The molecule has 0 spiro atoms. The van der Waals surface area contributed by atoms with E-state index < -0.39 is 30.4 Å². The van der Waals surface area contributed by atoms with Gasteiger partial charge in [0.15, 0.2) is 0 Å². The number of carboxylic acid groups (broad SMARTS) is 1. The highest BCUT2D eigenvalue weighted by Crippen LogP contribution is 2.18. The molecule has 38 heavy (non-hydrogen) atoms. The Hall–Kier alpha value is -1.74. The topological polar surface area (TPSA) is 134 Å². The molecule has 1 aliphatic rings. The van der Waals surface area contributed by atoms with Crippen LogP contribution in [0.15, 0.2) is 24.3 Å². The lowest BCUT2D eigenvalue weighted by atomic mass is 10.1. The number of carbonyl (C=O) groups excluding carboxylic acids is 1. The lowest BCUT2D eigenvalue weighted by Crippen LogP contribution is -2.41. The molecular weight excluding hydrogens is 488 g/mol. The van der Waals surface area contributed by atoms with Crippen molar-refractivity contribution in [3.8, 4) is 0 Å². The van der Waals surface area contributed by atoms with Gasteiger partial charge in [-0.1, -0.05) is 76.7 Å². The number of rotatable bonds is 21. The molecule has 0 aromatic rings. The minimum absolute atomic E-state index is 0.0227. The molecule has 4 unspecified atom stereocenters. The molecule has 1 rings (SSSR count). The Labute approximate surface area is 230 Å². The van der Waals surface area contributed by atoms with Gasteiger partial charge in [-0.05, 0) is 51.4 Å². The van der Waals surface area contributed by atoms with Crippen molar-refractivity contribution in [3.63, 3.8) is 0 Å². The van der Waals surface area contributed by atoms with Gasteiger partial charge in [-0.15, -0.1) is 0 Å². The van der Waals surface area contributed by atoms with Crippen LogP contribution in [0.2, 0.25) is 0 Å². The van der Waals surface area contributed by atoms with Gasteiger partial charge in [-0.25, -0.2) is 0 Å². The Morgan fingerprint density at radius 3 is 1.79 bits per heavy atom. The average molecular weight is 543 g/mol. The van der Waals surface area contributed by atoms with Crippen molar-refractivity contribution < 1.29 is 39.5 Å². The normalized spacial score (nSPS) is 20.0. The van der Waals surface area contributed by atoms with E-state index in [4.69, 9.17) is 14.6 Å². The van der Waals surface area contributed by atoms with Gasteiger partial charge < -0.3 is 29.9 Å². The second-order valence-corrected chi connectivity index (χ2v) is 9.87. The molecular formula is C30H54O8. The van der Waals surface area contributed by atoms with Crippen LogP contribution in [0.3, 0.4) is 0 Å². The van der Waals surface area contributed by atoms with Crippen LogP contribution in [0.4, 0.5) is 0 Å². The van der Waals surface area contributed by atoms with Crippen LogP contribution in [0.1, 0.15) is 117 Å². The standard InChI is InChI=1S/C18H32O6.C12H22O2/c1-2-3-4-5-6-7-8-9-10-11-16(21)23-13-15(20)18-17(22)14(19)12-24-18;1-2-3-4-5-6-7-8-9-10-11-12(13)14/h3-4,14-15,17-20,22H,2,5-13H2,1H3;3-4H,2,5-11H2,1H3,(H,13,14)/b2*4-3+. The number of ether oxygens (including phenoxy) is 2. The Balaban J connectivity index is 0.000000835. The molecule has 4 atom stereocenters. The molecule has 1 heterocycles. The minimum Gasteiger partial charge on any atom is -0.481 e. The number of aliphatic carboxylic acids is 1. The predicted octanol–water partition coefficient (Wildman–Crippen LogP) is 5.48. The molecule has 222 valence electrons. The van der Waals surface area contributed by atoms with Crippen molar-refractivity contribution in [2.75, 3.05) is 13.2 Å². The van der Waals surface area contributed by atoms with Crippen LogP contribution < -0.4 is 0 Å². The monoisotopic (exact) mass is 542 g/mol. The molecule has 0 aliphatic carbocycles. The van der Waals surface area contributed by atoms with E-state index in [0.717, 1.165) is 51.4 Å². The Bertz CT molecular complexity index is 634. The third-order valence-electron chi connectivity index (χ3n) is 6.30. The summed E-state index contributed by atoms with van der Waals surface area (Å²) in [5.74, 6) is -1.02. The van der Waals surface area contributed by atoms with Gasteiger partial charge in [0.25, 0.3) is 0 Å². The van der Waals surface area contributed by atoms with E-state index in [9.17, 15) is 24.9 Å². The van der Waals surface area contributed by atoms with Crippen molar-refractivity contribution in [1.29, 1.82) is 0 Å². The largest absolute Gasteiger partial charge is 0.481 e. The molecule has 4 N–H and O–H groups in total. The molecule has 0 radical (unpaired) electrons.